The summed E-state index contributed by atoms with van der Waals surface area (Å²) in [7, 11) is -0.793. The molecular formula is C23H24N6O2S. The number of anilines is 1. The zero-order valence-corrected chi connectivity index (χ0v) is 18.8. The molecule has 0 amide bonds. The third kappa shape index (κ3) is 3.74. The van der Waals surface area contributed by atoms with Crippen LogP contribution in [-0.2, 0) is 14.5 Å². The van der Waals surface area contributed by atoms with Crippen molar-refractivity contribution in [1.29, 1.82) is 0 Å². The van der Waals surface area contributed by atoms with Gasteiger partial charge in [-0.3, -0.25) is 10.1 Å². The Bertz CT molecular complexity index is 1370. The van der Waals surface area contributed by atoms with Gasteiger partial charge < -0.3 is 9.64 Å². The normalized spacial score (nSPS) is 16.1. The molecule has 3 aromatic heterocycles. The van der Waals surface area contributed by atoms with Crippen LogP contribution in [0.4, 0.5) is 5.82 Å². The van der Waals surface area contributed by atoms with Crippen molar-refractivity contribution in [2.75, 3.05) is 44.5 Å². The number of fused-ring (bicyclic) bond motifs is 1. The first-order chi connectivity index (χ1) is 15.6. The molecule has 1 aliphatic rings. The van der Waals surface area contributed by atoms with Crippen molar-refractivity contribution < 1.29 is 8.95 Å². The van der Waals surface area contributed by atoms with Crippen LogP contribution < -0.4 is 4.90 Å². The minimum atomic E-state index is -2.38. The number of morpholine rings is 1. The Balaban J connectivity index is 1.72. The van der Waals surface area contributed by atoms with Gasteiger partial charge in [0.15, 0.2) is 0 Å². The predicted molar refractivity (Wildman–Crippen MR) is 126 cm³/mol. The van der Waals surface area contributed by atoms with Gasteiger partial charge in [0.05, 0.1) is 28.6 Å². The van der Waals surface area contributed by atoms with Gasteiger partial charge in [-0.05, 0) is 41.5 Å². The summed E-state index contributed by atoms with van der Waals surface area (Å²) in [6.45, 7) is 2.92. The number of benzene rings is 1. The van der Waals surface area contributed by atoms with E-state index in [1.807, 2.05) is 36.4 Å². The molecule has 1 unspecified atom stereocenters. The van der Waals surface area contributed by atoms with Crippen molar-refractivity contribution in [3.8, 4) is 22.5 Å². The van der Waals surface area contributed by atoms with Crippen LogP contribution in [0.25, 0.3) is 33.4 Å². The van der Waals surface area contributed by atoms with E-state index in [4.69, 9.17) is 9.72 Å². The Morgan fingerprint density at radius 2 is 1.88 bits per heavy atom. The molecule has 0 bridgehead atoms. The summed E-state index contributed by atoms with van der Waals surface area (Å²) >= 11 is 0. The number of hydrogen-bond acceptors (Lipinski definition) is 7. The molecule has 1 fully saturated rings. The molecule has 1 atom stereocenters. The minimum absolute atomic E-state index is 0.676. The smallest absolute Gasteiger partial charge is 0.130 e. The number of H-pyrrole nitrogens is 1. The summed E-state index contributed by atoms with van der Waals surface area (Å²) in [5.41, 5.74) is 4.45. The second-order valence-electron chi connectivity index (χ2n) is 7.66. The molecule has 0 spiro atoms. The van der Waals surface area contributed by atoms with Crippen LogP contribution in [-0.4, -0.2) is 64.0 Å². The van der Waals surface area contributed by atoms with E-state index in [1.54, 1.807) is 25.7 Å². The van der Waals surface area contributed by atoms with E-state index in [2.05, 4.69) is 30.5 Å². The maximum atomic E-state index is 12.6. The van der Waals surface area contributed by atoms with Crippen molar-refractivity contribution in [3.63, 3.8) is 0 Å². The average Bonchev–Trinajstić information content (AvgIpc) is 3.38. The van der Waals surface area contributed by atoms with Gasteiger partial charge in [0.1, 0.15) is 17.0 Å². The fourth-order valence-electron chi connectivity index (χ4n) is 3.91. The Labute approximate surface area is 186 Å². The fraction of sp³-hybridized carbons (Fsp3) is 0.261. The lowest BCUT2D eigenvalue weighted by Gasteiger charge is -2.28. The van der Waals surface area contributed by atoms with Crippen molar-refractivity contribution in [1.82, 2.24) is 20.2 Å². The predicted octanol–water partition coefficient (Wildman–Crippen LogP) is 3.61. The standard InChI is InChI=1S/C23H24N6O2S/c1-24-32(2,30)17-5-3-16(4-6-17)19-15-21(29-11-13-31-14-12-29)27-22-18(19)7-9-25-23(22)20-8-10-26-28-20/h3-10,15H,11-14H2,1-2H3,(H,26,28). The molecule has 4 aromatic rings. The third-order valence-corrected chi connectivity index (χ3v) is 7.60. The van der Waals surface area contributed by atoms with E-state index in [-0.39, 0.29) is 0 Å². The largest absolute Gasteiger partial charge is 0.378 e. The lowest BCUT2D eigenvalue weighted by molar-refractivity contribution is 0.122. The Hall–Kier alpha value is -3.30. The zero-order valence-electron chi connectivity index (χ0n) is 18.0. The number of hydrogen-bond donors (Lipinski definition) is 1. The topological polar surface area (TPSA) is 96.4 Å². The van der Waals surface area contributed by atoms with Crippen LogP contribution in [0.2, 0.25) is 0 Å². The second-order valence-corrected chi connectivity index (χ2v) is 10.1. The highest BCUT2D eigenvalue weighted by atomic mass is 32.2. The van der Waals surface area contributed by atoms with Gasteiger partial charge >= 0.3 is 0 Å². The van der Waals surface area contributed by atoms with Gasteiger partial charge in [0.2, 0.25) is 0 Å². The van der Waals surface area contributed by atoms with E-state index in [1.165, 1.54) is 0 Å². The number of pyridine rings is 2. The Morgan fingerprint density at radius 3 is 2.56 bits per heavy atom. The molecule has 1 saturated heterocycles. The first-order valence-corrected chi connectivity index (χ1v) is 12.3. The summed E-state index contributed by atoms with van der Waals surface area (Å²) in [4.78, 5) is 12.6. The number of rotatable bonds is 4. The van der Waals surface area contributed by atoms with Crippen molar-refractivity contribution in [3.05, 3.63) is 54.9 Å². The maximum absolute atomic E-state index is 12.6. The third-order valence-electron chi connectivity index (χ3n) is 5.76. The summed E-state index contributed by atoms with van der Waals surface area (Å²) in [5, 5.41) is 8.08. The molecule has 0 radical (unpaired) electrons. The van der Waals surface area contributed by atoms with Gasteiger partial charge in [-0.2, -0.15) is 5.10 Å². The first-order valence-electron chi connectivity index (χ1n) is 10.4. The molecule has 1 aliphatic heterocycles. The number of aromatic nitrogens is 4. The van der Waals surface area contributed by atoms with Crippen molar-refractivity contribution in [2.45, 2.75) is 4.90 Å². The fourth-order valence-corrected chi connectivity index (χ4v) is 4.76. The molecule has 0 aliphatic carbocycles. The van der Waals surface area contributed by atoms with Crippen LogP contribution in [0.15, 0.2) is 64.1 Å². The molecule has 4 heterocycles. The van der Waals surface area contributed by atoms with Crippen LogP contribution >= 0.6 is 0 Å². The quantitative estimate of drug-likeness (QED) is 0.512. The van der Waals surface area contributed by atoms with Gasteiger partial charge in [-0.1, -0.05) is 12.1 Å². The van der Waals surface area contributed by atoms with Crippen LogP contribution in [0, 0.1) is 0 Å². The second kappa shape index (κ2) is 8.33. The van der Waals surface area contributed by atoms with Gasteiger partial charge in [0, 0.05) is 49.1 Å². The van der Waals surface area contributed by atoms with Gasteiger partial charge in [-0.15, -0.1) is 0 Å². The summed E-state index contributed by atoms with van der Waals surface area (Å²) in [6, 6.07) is 13.8. The molecule has 5 rings (SSSR count). The Morgan fingerprint density at radius 1 is 1.09 bits per heavy atom. The highest BCUT2D eigenvalue weighted by Gasteiger charge is 2.19. The molecule has 8 nitrogen and oxygen atoms in total. The van der Waals surface area contributed by atoms with Crippen LogP contribution in [0.1, 0.15) is 0 Å². The molecule has 9 heteroatoms. The maximum Gasteiger partial charge on any atom is 0.130 e. The number of aromatic amines is 1. The minimum Gasteiger partial charge on any atom is -0.378 e. The monoisotopic (exact) mass is 448 g/mol. The van der Waals surface area contributed by atoms with E-state index in [0.717, 1.165) is 57.2 Å². The van der Waals surface area contributed by atoms with Crippen LogP contribution in [0.3, 0.4) is 0 Å². The average molecular weight is 449 g/mol. The molecule has 32 heavy (non-hydrogen) atoms. The molecule has 0 saturated carbocycles. The lowest BCUT2D eigenvalue weighted by Crippen LogP contribution is -2.36. The summed E-state index contributed by atoms with van der Waals surface area (Å²) < 4.78 is 22.2. The molecule has 164 valence electrons. The van der Waals surface area contributed by atoms with E-state index in [9.17, 15) is 4.21 Å². The highest BCUT2D eigenvalue weighted by Crippen LogP contribution is 2.35. The molecule has 1 N–H and O–H groups in total. The van der Waals surface area contributed by atoms with E-state index >= 15 is 0 Å². The number of nitrogens with zero attached hydrogens (tertiary/aromatic N) is 5. The van der Waals surface area contributed by atoms with E-state index in [0.29, 0.717) is 13.2 Å². The SMILES string of the molecule is CN=S(C)(=O)c1ccc(-c2cc(N3CCOCC3)nc3c(-c4ccn[nH]4)nccc23)cc1. The number of nitrogens with one attached hydrogen (secondary N) is 1. The lowest BCUT2D eigenvalue weighted by atomic mass is 10.00. The molecule has 1 aromatic carbocycles. The summed E-state index contributed by atoms with van der Waals surface area (Å²) in [5.74, 6) is 0.886. The molecular weight excluding hydrogens is 424 g/mol. The number of ether oxygens (including phenoxy) is 1. The zero-order chi connectivity index (χ0) is 22.1. The Kier molecular flexibility index (Phi) is 5.36. The van der Waals surface area contributed by atoms with Gasteiger partial charge in [0.25, 0.3) is 0 Å². The first kappa shape index (κ1) is 20.6. The van der Waals surface area contributed by atoms with Crippen molar-refractivity contribution >= 4 is 26.4 Å². The van der Waals surface area contributed by atoms with Crippen LogP contribution in [0.5, 0.6) is 0 Å². The van der Waals surface area contributed by atoms with E-state index < -0.39 is 9.73 Å². The highest BCUT2D eigenvalue weighted by molar-refractivity contribution is 7.93. The summed E-state index contributed by atoms with van der Waals surface area (Å²) in [6.07, 6.45) is 5.16. The van der Waals surface area contributed by atoms with Gasteiger partial charge in [-0.25, -0.2) is 13.6 Å². The van der Waals surface area contributed by atoms with Crippen molar-refractivity contribution in [2.24, 2.45) is 4.36 Å².